The summed E-state index contributed by atoms with van der Waals surface area (Å²) >= 11 is 0. The number of hydrogen-bond donors (Lipinski definition) is 0. The van der Waals surface area contributed by atoms with Crippen molar-refractivity contribution in [2.75, 3.05) is 6.79 Å². The van der Waals surface area contributed by atoms with Crippen LogP contribution in [-0.2, 0) is 32.5 Å². The van der Waals surface area contributed by atoms with Gasteiger partial charge in [-0.2, -0.15) is 0 Å². The molecule has 0 aromatic heterocycles. The quantitative estimate of drug-likeness (QED) is 0.352. The third-order valence-corrected chi connectivity index (χ3v) is 4.08. The largest absolute Gasteiger partial charge is 0.478 e. The summed E-state index contributed by atoms with van der Waals surface area (Å²) in [6.45, 7) is 11.2. The Morgan fingerprint density at radius 2 is 1.39 bits per heavy atom. The van der Waals surface area contributed by atoms with Crippen molar-refractivity contribution in [3.63, 3.8) is 0 Å². The van der Waals surface area contributed by atoms with Gasteiger partial charge in [-0.3, -0.25) is 13.8 Å². The number of hydrogen-bond acceptors (Lipinski definition) is 7. The molecule has 0 aliphatic heterocycles. The molecular formula is C15H29O7P. The first-order valence-corrected chi connectivity index (χ1v) is 9.00. The molecule has 0 N–H and O–H groups in total. The van der Waals surface area contributed by atoms with Crippen molar-refractivity contribution in [1.29, 1.82) is 0 Å². The first-order chi connectivity index (χ1) is 10.2. The second kappa shape index (κ2) is 8.92. The average molecular weight is 352 g/mol. The Bertz CT molecular complexity index is 426. The van der Waals surface area contributed by atoms with Gasteiger partial charge in [0, 0.05) is 12.8 Å². The van der Waals surface area contributed by atoms with Crippen LogP contribution in [0.2, 0.25) is 0 Å². The lowest BCUT2D eigenvalue weighted by Gasteiger charge is -2.30. The number of Topliss-reactive ketones (excluding diaryl/α,β-unsaturated/α-hetero) is 1. The zero-order chi connectivity index (χ0) is 18.3. The third kappa shape index (κ3) is 13.4. The van der Waals surface area contributed by atoms with Gasteiger partial charge in [-0.15, -0.1) is 0 Å². The van der Waals surface area contributed by atoms with E-state index in [1.54, 1.807) is 41.5 Å². The lowest BCUT2D eigenvalue weighted by atomic mass is 10.2. The predicted octanol–water partition coefficient (Wildman–Crippen LogP) is 4.00. The van der Waals surface area contributed by atoms with Crippen LogP contribution in [0.1, 0.15) is 67.7 Å². The molecule has 8 heteroatoms. The Morgan fingerprint density at radius 1 is 0.913 bits per heavy atom. The Morgan fingerprint density at radius 3 is 1.78 bits per heavy atom. The van der Waals surface area contributed by atoms with Crippen LogP contribution in [0.5, 0.6) is 0 Å². The number of carbonyl (C=O) groups excluding carboxylic acids is 2. The van der Waals surface area contributed by atoms with E-state index in [9.17, 15) is 14.2 Å². The Hall–Kier alpha value is -0.750. The van der Waals surface area contributed by atoms with Crippen molar-refractivity contribution in [3.05, 3.63) is 0 Å². The van der Waals surface area contributed by atoms with Crippen molar-refractivity contribution >= 4 is 19.6 Å². The minimum absolute atomic E-state index is 0.00991. The van der Waals surface area contributed by atoms with Crippen LogP contribution in [0.15, 0.2) is 0 Å². The molecule has 0 rings (SSSR count). The molecule has 0 radical (unpaired) electrons. The predicted molar refractivity (Wildman–Crippen MR) is 85.9 cm³/mol. The Labute approximate surface area is 138 Å². The molecule has 0 bridgehead atoms. The molecule has 0 heterocycles. The fourth-order valence-corrected chi connectivity index (χ4v) is 3.12. The summed E-state index contributed by atoms with van der Waals surface area (Å²) in [5.41, 5.74) is -1.52. The highest BCUT2D eigenvalue weighted by Gasteiger charge is 2.37. The number of ether oxygens (including phenoxy) is 1. The number of ketones is 1. The monoisotopic (exact) mass is 352 g/mol. The molecular weight excluding hydrogens is 323 g/mol. The highest BCUT2D eigenvalue weighted by atomic mass is 31.2. The summed E-state index contributed by atoms with van der Waals surface area (Å²) in [4.78, 5) is 22.3. The van der Waals surface area contributed by atoms with Gasteiger partial charge in [0.25, 0.3) is 0 Å². The van der Waals surface area contributed by atoms with E-state index in [0.717, 1.165) is 0 Å². The molecule has 0 aliphatic carbocycles. The number of phosphoric acid groups is 1. The third-order valence-electron chi connectivity index (χ3n) is 2.11. The van der Waals surface area contributed by atoms with Gasteiger partial charge in [0.05, 0.1) is 11.2 Å². The van der Waals surface area contributed by atoms with E-state index < -0.39 is 31.8 Å². The van der Waals surface area contributed by atoms with E-state index in [1.807, 2.05) is 0 Å². The molecule has 0 unspecified atom stereocenters. The zero-order valence-electron chi connectivity index (χ0n) is 15.1. The standard InChI is InChI=1S/C15H29O7P/c1-12(16)9-8-10-13(17)19-11-20-23(18,21-14(2,3)4)22-15(5,6)7/h8-11H2,1-7H3. The molecule has 0 aromatic carbocycles. The highest BCUT2D eigenvalue weighted by Crippen LogP contribution is 2.55. The van der Waals surface area contributed by atoms with Crippen LogP contribution in [0, 0.1) is 0 Å². The van der Waals surface area contributed by atoms with Crippen LogP contribution in [0.3, 0.4) is 0 Å². The SMILES string of the molecule is CC(=O)CCCC(=O)OCOP(=O)(OC(C)(C)C)OC(C)(C)C. The molecule has 0 aliphatic rings. The fourth-order valence-electron chi connectivity index (χ4n) is 1.45. The molecule has 7 nitrogen and oxygen atoms in total. The average Bonchev–Trinajstić information content (AvgIpc) is 2.22. The molecule has 136 valence electrons. The van der Waals surface area contributed by atoms with Crippen molar-refractivity contribution in [2.45, 2.75) is 78.9 Å². The topological polar surface area (TPSA) is 88.1 Å². The van der Waals surface area contributed by atoms with Gasteiger partial charge in [-0.25, -0.2) is 9.09 Å². The maximum atomic E-state index is 12.6. The summed E-state index contributed by atoms with van der Waals surface area (Å²) in [7, 11) is -3.89. The zero-order valence-corrected chi connectivity index (χ0v) is 16.0. The first-order valence-electron chi connectivity index (χ1n) is 7.54. The van der Waals surface area contributed by atoms with Gasteiger partial charge < -0.3 is 9.53 Å². The maximum absolute atomic E-state index is 12.6. The highest BCUT2D eigenvalue weighted by molar-refractivity contribution is 7.48. The summed E-state index contributed by atoms with van der Waals surface area (Å²) in [6, 6.07) is 0. The first kappa shape index (κ1) is 22.2. The molecule has 0 fully saturated rings. The molecule has 0 spiro atoms. The van der Waals surface area contributed by atoms with Crippen molar-refractivity contribution in [3.8, 4) is 0 Å². The molecule has 0 aromatic rings. The maximum Gasteiger partial charge on any atom is 0.478 e. The van der Waals surface area contributed by atoms with Crippen molar-refractivity contribution < 1.29 is 32.5 Å². The lowest BCUT2D eigenvalue weighted by Crippen LogP contribution is -2.25. The fraction of sp³-hybridized carbons (Fsp3) is 0.867. The number of phosphoric ester groups is 1. The normalized spacial score (nSPS) is 13.0. The molecule has 23 heavy (non-hydrogen) atoms. The summed E-state index contributed by atoms with van der Waals surface area (Å²) in [5, 5.41) is 0. The van der Waals surface area contributed by atoms with E-state index in [4.69, 9.17) is 18.3 Å². The Balaban J connectivity index is 4.48. The number of carbonyl (C=O) groups is 2. The van der Waals surface area contributed by atoms with E-state index in [0.29, 0.717) is 12.8 Å². The van der Waals surface area contributed by atoms with Crippen LogP contribution in [-0.4, -0.2) is 29.7 Å². The van der Waals surface area contributed by atoms with Gasteiger partial charge in [0.15, 0.2) is 0 Å². The second-order valence-electron chi connectivity index (χ2n) is 7.17. The van der Waals surface area contributed by atoms with Crippen LogP contribution >= 0.6 is 7.82 Å². The lowest BCUT2D eigenvalue weighted by molar-refractivity contribution is -0.152. The summed E-state index contributed by atoms with van der Waals surface area (Å²) in [6.07, 6.45) is 0.811. The molecule has 0 amide bonds. The van der Waals surface area contributed by atoms with Crippen LogP contribution < -0.4 is 0 Å². The van der Waals surface area contributed by atoms with Crippen LogP contribution in [0.4, 0.5) is 0 Å². The van der Waals surface area contributed by atoms with Crippen LogP contribution in [0.25, 0.3) is 0 Å². The van der Waals surface area contributed by atoms with E-state index in [2.05, 4.69) is 0 Å². The van der Waals surface area contributed by atoms with E-state index in [-0.39, 0.29) is 12.2 Å². The minimum atomic E-state index is -3.89. The van der Waals surface area contributed by atoms with Gasteiger partial charge >= 0.3 is 13.8 Å². The number of rotatable bonds is 9. The van der Waals surface area contributed by atoms with E-state index in [1.165, 1.54) is 6.92 Å². The molecule has 0 atom stereocenters. The van der Waals surface area contributed by atoms with Crippen molar-refractivity contribution in [1.82, 2.24) is 0 Å². The van der Waals surface area contributed by atoms with Gasteiger partial charge in [0.1, 0.15) is 5.78 Å². The minimum Gasteiger partial charge on any atom is -0.438 e. The second-order valence-corrected chi connectivity index (χ2v) is 8.69. The number of esters is 1. The molecule has 0 saturated heterocycles. The van der Waals surface area contributed by atoms with E-state index >= 15 is 0 Å². The van der Waals surface area contributed by atoms with Gasteiger partial charge in [-0.05, 0) is 54.9 Å². The molecule has 0 saturated carbocycles. The van der Waals surface area contributed by atoms with Gasteiger partial charge in [0.2, 0.25) is 6.79 Å². The summed E-state index contributed by atoms with van der Waals surface area (Å²) in [5.74, 6) is -0.528. The Kier molecular flexibility index (Phi) is 8.63. The smallest absolute Gasteiger partial charge is 0.438 e. The summed E-state index contributed by atoms with van der Waals surface area (Å²) < 4.78 is 33.3. The van der Waals surface area contributed by atoms with Crippen molar-refractivity contribution in [2.24, 2.45) is 0 Å². The van der Waals surface area contributed by atoms with Gasteiger partial charge in [-0.1, -0.05) is 0 Å².